The zero-order valence-corrected chi connectivity index (χ0v) is 13.2. The first-order valence-corrected chi connectivity index (χ1v) is 7.05. The van der Waals surface area contributed by atoms with Crippen molar-refractivity contribution in [3.8, 4) is 0 Å². The van der Waals surface area contributed by atoms with E-state index in [1.165, 1.54) is 0 Å². The Morgan fingerprint density at radius 2 is 2.10 bits per heavy atom. The van der Waals surface area contributed by atoms with Gasteiger partial charge in [-0.05, 0) is 40.2 Å². The standard InChI is InChI=1S/C16H22N2O3/c1-7-10(3)18-11(4)9-13(15(19)12(18)5)14(17-6)16(20)21-8-2/h9-10,19H,7-8H2,1-5H3/b14-13+. The second-order valence-corrected chi connectivity index (χ2v) is 4.94. The summed E-state index contributed by atoms with van der Waals surface area (Å²) >= 11 is 0. The normalized spacial score (nSPS) is 18.9. The van der Waals surface area contributed by atoms with E-state index in [0.717, 1.165) is 12.1 Å². The van der Waals surface area contributed by atoms with Gasteiger partial charge < -0.3 is 14.7 Å². The Hall–Kier alpha value is -2.22. The number of aliphatic hydroxyl groups excluding tert-OH is 1. The third-order valence-electron chi connectivity index (χ3n) is 3.56. The minimum absolute atomic E-state index is 0.0417. The van der Waals surface area contributed by atoms with Crippen molar-refractivity contribution in [3.05, 3.63) is 45.9 Å². The molecule has 0 saturated heterocycles. The lowest BCUT2D eigenvalue weighted by Crippen LogP contribution is -2.32. The highest BCUT2D eigenvalue weighted by Crippen LogP contribution is 2.32. The molecule has 1 atom stereocenters. The fourth-order valence-electron chi connectivity index (χ4n) is 2.38. The maximum atomic E-state index is 11.8. The lowest BCUT2D eigenvalue weighted by Gasteiger charge is -2.35. The molecule has 114 valence electrons. The van der Waals surface area contributed by atoms with Crippen LogP contribution in [0.15, 0.2) is 34.5 Å². The van der Waals surface area contributed by atoms with Crippen LogP contribution in [0.2, 0.25) is 0 Å². The second kappa shape index (κ2) is 6.98. The number of esters is 1. The summed E-state index contributed by atoms with van der Waals surface area (Å²) in [6.07, 6.45) is 2.58. The van der Waals surface area contributed by atoms with Gasteiger partial charge in [-0.2, -0.15) is 0 Å². The molecule has 5 nitrogen and oxygen atoms in total. The van der Waals surface area contributed by atoms with Crippen molar-refractivity contribution in [2.24, 2.45) is 0 Å². The molecule has 1 aliphatic rings. The predicted molar refractivity (Wildman–Crippen MR) is 80.9 cm³/mol. The molecule has 5 heteroatoms. The van der Waals surface area contributed by atoms with Crippen LogP contribution in [0, 0.1) is 6.57 Å². The van der Waals surface area contributed by atoms with Gasteiger partial charge in [0.25, 0.3) is 5.70 Å². The van der Waals surface area contributed by atoms with Crippen LogP contribution in [-0.2, 0) is 9.53 Å². The largest absolute Gasteiger partial charge is 0.507 e. The highest BCUT2D eigenvalue weighted by molar-refractivity contribution is 5.93. The van der Waals surface area contributed by atoms with E-state index in [1.807, 2.05) is 11.8 Å². The van der Waals surface area contributed by atoms with Crippen LogP contribution in [0.25, 0.3) is 4.85 Å². The molecule has 1 N–H and O–H groups in total. The van der Waals surface area contributed by atoms with Gasteiger partial charge in [0.2, 0.25) is 0 Å². The van der Waals surface area contributed by atoms with Gasteiger partial charge in [0.1, 0.15) is 5.76 Å². The average Bonchev–Trinajstić information content (AvgIpc) is 2.45. The summed E-state index contributed by atoms with van der Waals surface area (Å²) in [5.74, 6) is -0.747. The molecule has 0 aromatic rings. The molecular weight excluding hydrogens is 268 g/mol. The van der Waals surface area contributed by atoms with E-state index >= 15 is 0 Å². The summed E-state index contributed by atoms with van der Waals surface area (Å²) < 4.78 is 4.88. The summed E-state index contributed by atoms with van der Waals surface area (Å²) in [6, 6.07) is 0.226. The number of hydrogen-bond donors (Lipinski definition) is 1. The predicted octanol–water partition coefficient (Wildman–Crippen LogP) is 3.53. The fraction of sp³-hybridized carbons (Fsp3) is 0.500. The minimum atomic E-state index is -0.706. The van der Waals surface area contributed by atoms with E-state index in [-0.39, 0.29) is 29.7 Å². The zero-order valence-electron chi connectivity index (χ0n) is 13.2. The van der Waals surface area contributed by atoms with E-state index in [4.69, 9.17) is 11.3 Å². The Morgan fingerprint density at radius 1 is 1.48 bits per heavy atom. The van der Waals surface area contributed by atoms with Crippen molar-refractivity contribution < 1.29 is 14.6 Å². The SMILES string of the molecule is [C-]#[N+]/C(C(=O)OCC)=C1\C=C(C)N(C(C)CC)C(C)=C1O. The molecule has 0 fully saturated rings. The maximum absolute atomic E-state index is 11.8. The van der Waals surface area contributed by atoms with Gasteiger partial charge in [-0.25, -0.2) is 4.85 Å². The molecule has 21 heavy (non-hydrogen) atoms. The molecule has 1 heterocycles. The van der Waals surface area contributed by atoms with Crippen LogP contribution in [0.1, 0.15) is 41.0 Å². The Kier molecular flexibility index (Phi) is 5.60. The van der Waals surface area contributed by atoms with E-state index in [0.29, 0.717) is 5.70 Å². The topological polar surface area (TPSA) is 54.1 Å². The molecule has 0 aromatic heterocycles. The Balaban J connectivity index is 3.39. The highest BCUT2D eigenvalue weighted by atomic mass is 16.5. The molecule has 0 amide bonds. The van der Waals surface area contributed by atoms with Crippen molar-refractivity contribution in [1.29, 1.82) is 0 Å². The lowest BCUT2D eigenvalue weighted by atomic mass is 10.0. The molecule has 0 saturated carbocycles. The van der Waals surface area contributed by atoms with E-state index in [2.05, 4.69) is 18.7 Å². The fourth-order valence-corrected chi connectivity index (χ4v) is 2.38. The molecule has 0 aromatic carbocycles. The average molecular weight is 290 g/mol. The third-order valence-corrected chi connectivity index (χ3v) is 3.56. The van der Waals surface area contributed by atoms with Crippen molar-refractivity contribution in [1.82, 2.24) is 4.90 Å². The number of carbonyl (C=O) groups excluding carboxylic acids is 1. The van der Waals surface area contributed by atoms with Crippen molar-refractivity contribution in [3.63, 3.8) is 0 Å². The number of allylic oxidation sites excluding steroid dienone is 3. The third kappa shape index (κ3) is 3.27. The number of carbonyl (C=O) groups is 1. The molecule has 0 aliphatic carbocycles. The summed E-state index contributed by atoms with van der Waals surface area (Å²) in [5, 5.41) is 10.4. The smallest absolute Gasteiger partial charge is 0.337 e. The molecule has 0 radical (unpaired) electrons. The molecule has 0 bridgehead atoms. The number of ether oxygens (including phenoxy) is 1. The number of nitrogens with zero attached hydrogens (tertiary/aromatic N) is 2. The highest BCUT2D eigenvalue weighted by Gasteiger charge is 2.28. The summed E-state index contributed by atoms with van der Waals surface area (Å²) in [7, 11) is 0. The van der Waals surface area contributed by atoms with E-state index in [9.17, 15) is 9.90 Å². The van der Waals surface area contributed by atoms with Crippen molar-refractivity contribution >= 4 is 5.97 Å². The summed E-state index contributed by atoms with van der Waals surface area (Å²) in [5.41, 5.74) is 1.58. The van der Waals surface area contributed by atoms with Gasteiger partial charge in [0.15, 0.2) is 0 Å². The van der Waals surface area contributed by atoms with E-state index < -0.39 is 5.97 Å². The van der Waals surface area contributed by atoms with Crippen molar-refractivity contribution in [2.75, 3.05) is 6.61 Å². The van der Waals surface area contributed by atoms with Gasteiger partial charge >= 0.3 is 5.97 Å². The van der Waals surface area contributed by atoms with Gasteiger partial charge in [-0.15, -0.1) is 0 Å². The lowest BCUT2D eigenvalue weighted by molar-refractivity contribution is -0.138. The van der Waals surface area contributed by atoms with Crippen LogP contribution < -0.4 is 0 Å². The van der Waals surface area contributed by atoms with Gasteiger partial charge in [-0.1, -0.05) is 6.92 Å². The zero-order chi connectivity index (χ0) is 16.2. The molecular formula is C16H22N2O3. The van der Waals surface area contributed by atoms with E-state index in [1.54, 1.807) is 19.9 Å². The monoisotopic (exact) mass is 290 g/mol. The van der Waals surface area contributed by atoms with Crippen LogP contribution in [0.3, 0.4) is 0 Å². The Labute approximate surface area is 126 Å². The first-order chi connectivity index (χ1) is 9.88. The van der Waals surface area contributed by atoms with Crippen LogP contribution in [-0.4, -0.2) is 28.6 Å². The Morgan fingerprint density at radius 3 is 2.57 bits per heavy atom. The second-order valence-electron chi connectivity index (χ2n) is 4.94. The van der Waals surface area contributed by atoms with Crippen LogP contribution in [0.5, 0.6) is 0 Å². The molecule has 1 unspecified atom stereocenters. The summed E-state index contributed by atoms with van der Waals surface area (Å²) in [4.78, 5) is 17.1. The van der Waals surface area contributed by atoms with Gasteiger partial charge in [-0.3, -0.25) is 4.79 Å². The number of hydrogen-bond acceptors (Lipinski definition) is 4. The van der Waals surface area contributed by atoms with Gasteiger partial charge in [0, 0.05) is 17.3 Å². The first-order valence-electron chi connectivity index (χ1n) is 7.05. The number of rotatable bonds is 4. The molecule has 0 spiro atoms. The van der Waals surface area contributed by atoms with Crippen LogP contribution in [0.4, 0.5) is 0 Å². The first kappa shape index (κ1) is 16.8. The minimum Gasteiger partial charge on any atom is -0.507 e. The quantitative estimate of drug-likeness (QED) is 0.489. The molecule has 1 aliphatic heterocycles. The van der Waals surface area contributed by atoms with Gasteiger partial charge in [0.05, 0.1) is 18.9 Å². The van der Waals surface area contributed by atoms with Crippen LogP contribution >= 0.6 is 0 Å². The van der Waals surface area contributed by atoms with Crippen molar-refractivity contribution in [2.45, 2.75) is 47.1 Å². The Bertz CT molecular complexity index is 565. The molecule has 1 rings (SSSR count). The maximum Gasteiger partial charge on any atom is 0.337 e. The number of aliphatic hydroxyl groups is 1. The summed E-state index contributed by atoms with van der Waals surface area (Å²) in [6.45, 7) is 16.9.